The van der Waals surface area contributed by atoms with Crippen LogP contribution in [0.4, 0.5) is 20.7 Å². The Morgan fingerprint density at radius 2 is 2.04 bits per heavy atom. The lowest BCUT2D eigenvalue weighted by Crippen LogP contribution is -2.74. The molecule has 5 rings (SSSR count). The number of carbonyl (C=O) groups is 1. The lowest BCUT2D eigenvalue weighted by molar-refractivity contribution is 0.00934. The number of benzene rings is 1. The van der Waals surface area contributed by atoms with Gasteiger partial charge in [-0.1, -0.05) is 0 Å². The molecule has 3 aliphatic rings. The number of amides is 2. The molecule has 4 heterocycles. The number of pyridine rings is 1. The van der Waals surface area contributed by atoms with Gasteiger partial charge in [0, 0.05) is 43.3 Å². The number of hydrogen-bond acceptors (Lipinski definition) is 4. The van der Waals surface area contributed by atoms with Crippen LogP contribution in [0.5, 0.6) is 0 Å². The number of carbonyl (C=O) groups excluding carboxylic acids is 1. The number of likely N-dealkylation sites (tertiary alicyclic amines) is 1. The molecule has 142 valence electrons. The van der Waals surface area contributed by atoms with Crippen LogP contribution in [0, 0.1) is 22.6 Å². The summed E-state index contributed by atoms with van der Waals surface area (Å²) in [6.45, 7) is 5.20. The van der Waals surface area contributed by atoms with E-state index in [0.717, 1.165) is 49.7 Å². The molecule has 0 aliphatic carbocycles. The maximum absolute atomic E-state index is 13.1. The van der Waals surface area contributed by atoms with E-state index in [1.807, 2.05) is 28.9 Å². The summed E-state index contributed by atoms with van der Waals surface area (Å²) in [5.41, 5.74) is 2.74. The summed E-state index contributed by atoms with van der Waals surface area (Å²) in [7, 11) is 0. The molecule has 1 aromatic heterocycles. The highest BCUT2D eigenvalue weighted by molar-refractivity contribution is 5.95. The van der Waals surface area contributed by atoms with Crippen LogP contribution in [0.3, 0.4) is 0 Å². The highest BCUT2D eigenvalue weighted by atomic mass is 19.1. The number of urea groups is 1. The Morgan fingerprint density at radius 3 is 2.71 bits per heavy atom. The topological polar surface area (TPSA) is 63.5 Å². The lowest BCUT2D eigenvalue weighted by atomic mass is 9.73. The molecule has 7 heteroatoms. The lowest BCUT2D eigenvalue weighted by Gasteiger charge is -2.60. The van der Waals surface area contributed by atoms with E-state index in [2.05, 4.69) is 16.0 Å². The third-order valence-electron chi connectivity index (χ3n) is 6.04. The number of fused-ring (bicyclic) bond motifs is 1. The first-order valence-electron chi connectivity index (χ1n) is 9.46. The van der Waals surface area contributed by atoms with Gasteiger partial charge in [0.1, 0.15) is 11.6 Å². The average Bonchev–Trinajstić information content (AvgIpc) is 2.95. The summed E-state index contributed by atoms with van der Waals surface area (Å²) < 4.78 is 13.0. The van der Waals surface area contributed by atoms with Crippen molar-refractivity contribution < 1.29 is 9.18 Å². The molecule has 0 radical (unpaired) electrons. The maximum Gasteiger partial charge on any atom is 0.324 e. The minimum atomic E-state index is -0.332. The monoisotopic (exact) mass is 377 g/mol. The summed E-state index contributed by atoms with van der Waals surface area (Å²) in [5, 5.41) is 9.09. The zero-order valence-corrected chi connectivity index (χ0v) is 15.6. The summed E-state index contributed by atoms with van der Waals surface area (Å²) >= 11 is 0. The van der Waals surface area contributed by atoms with Crippen LogP contribution in [-0.4, -0.2) is 48.1 Å². The molecule has 1 aromatic carbocycles. The van der Waals surface area contributed by atoms with Crippen molar-refractivity contribution in [3.8, 4) is 6.07 Å². The van der Waals surface area contributed by atoms with Crippen molar-refractivity contribution in [1.82, 2.24) is 9.88 Å². The van der Waals surface area contributed by atoms with Crippen molar-refractivity contribution in [3.05, 3.63) is 53.5 Å². The number of rotatable bonds is 1. The fraction of sp³-hybridized carbons (Fsp3) is 0.381. The smallest absolute Gasteiger partial charge is 0.324 e. The van der Waals surface area contributed by atoms with E-state index in [1.165, 1.54) is 12.3 Å². The molecule has 3 aliphatic heterocycles. The van der Waals surface area contributed by atoms with Gasteiger partial charge in [0.15, 0.2) is 0 Å². The predicted octanol–water partition coefficient (Wildman–Crippen LogP) is 2.79. The summed E-state index contributed by atoms with van der Waals surface area (Å²) in [6.07, 6.45) is 2.01. The van der Waals surface area contributed by atoms with Crippen molar-refractivity contribution in [2.45, 2.75) is 19.4 Å². The van der Waals surface area contributed by atoms with Crippen LogP contribution >= 0.6 is 0 Å². The average molecular weight is 377 g/mol. The molecule has 2 saturated heterocycles. The summed E-state index contributed by atoms with van der Waals surface area (Å²) in [6, 6.07) is 11.0. The van der Waals surface area contributed by atoms with Crippen LogP contribution in [0.15, 0.2) is 36.5 Å². The van der Waals surface area contributed by atoms with E-state index in [-0.39, 0.29) is 23.3 Å². The van der Waals surface area contributed by atoms with E-state index >= 15 is 0 Å². The predicted molar refractivity (Wildman–Crippen MR) is 103 cm³/mol. The normalized spacial score (nSPS) is 21.8. The fourth-order valence-electron chi connectivity index (χ4n) is 4.72. The van der Waals surface area contributed by atoms with Crippen molar-refractivity contribution in [1.29, 1.82) is 5.26 Å². The molecule has 1 atom stereocenters. The maximum atomic E-state index is 13.1. The second-order valence-corrected chi connectivity index (χ2v) is 8.21. The van der Waals surface area contributed by atoms with Gasteiger partial charge >= 0.3 is 6.03 Å². The minimum Gasteiger partial charge on any atom is -0.355 e. The molecule has 2 aromatic rings. The fourth-order valence-corrected chi connectivity index (χ4v) is 4.72. The summed E-state index contributed by atoms with van der Waals surface area (Å²) in [4.78, 5) is 23.1. The number of anilines is 2. The van der Waals surface area contributed by atoms with Gasteiger partial charge in [-0.2, -0.15) is 5.26 Å². The molecule has 0 bridgehead atoms. The molecular weight excluding hydrogens is 357 g/mol. The molecule has 28 heavy (non-hydrogen) atoms. The highest BCUT2D eigenvalue weighted by Crippen LogP contribution is 2.43. The van der Waals surface area contributed by atoms with Crippen molar-refractivity contribution >= 4 is 17.5 Å². The quantitative estimate of drug-likeness (QED) is 0.767. The molecule has 1 unspecified atom stereocenters. The van der Waals surface area contributed by atoms with Crippen LogP contribution < -0.4 is 9.80 Å². The van der Waals surface area contributed by atoms with E-state index in [0.29, 0.717) is 5.56 Å². The van der Waals surface area contributed by atoms with E-state index < -0.39 is 0 Å². The van der Waals surface area contributed by atoms with E-state index in [1.54, 1.807) is 12.1 Å². The SMILES string of the molecule is CC1Cc2cc(C#N)ccc2N1C(=O)N1CC2(C1)CN(c1ccc(F)cn1)C2. The van der Waals surface area contributed by atoms with Crippen molar-refractivity contribution in [3.63, 3.8) is 0 Å². The first kappa shape index (κ1) is 17.0. The second-order valence-electron chi connectivity index (χ2n) is 8.21. The molecule has 6 nitrogen and oxygen atoms in total. The number of nitrogens with zero attached hydrogens (tertiary/aromatic N) is 5. The Bertz CT molecular complexity index is 985. The zero-order chi connectivity index (χ0) is 19.5. The first-order chi connectivity index (χ1) is 13.5. The number of halogens is 1. The number of nitriles is 1. The van der Waals surface area contributed by atoms with Gasteiger partial charge in [0.05, 0.1) is 17.8 Å². The molecular formula is C21H20FN5O. The third-order valence-corrected chi connectivity index (χ3v) is 6.04. The van der Waals surface area contributed by atoms with Gasteiger partial charge in [0.25, 0.3) is 0 Å². The zero-order valence-electron chi connectivity index (χ0n) is 15.6. The standard InChI is InChI=1S/C21H20FN5O/c1-14-6-16-7-15(8-23)2-4-18(16)27(14)20(28)26-12-21(13-26)10-25(11-21)19-5-3-17(22)9-24-19/h2-5,7,9,14H,6,10-13H2,1H3. The Labute approximate surface area is 162 Å². The molecule has 0 N–H and O–H groups in total. The Kier molecular flexibility index (Phi) is 3.60. The van der Waals surface area contributed by atoms with Crippen LogP contribution in [0.25, 0.3) is 0 Å². The van der Waals surface area contributed by atoms with E-state index in [9.17, 15) is 9.18 Å². The number of hydrogen-bond donors (Lipinski definition) is 0. The van der Waals surface area contributed by atoms with Crippen molar-refractivity contribution in [2.75, 3.05) is 36.0 Å². The molecule has 2 amide bonds. The van der Waals surface area contributed by atoms with Crippen LogP contribution in [-0.2, 0) is 6.42 Å². The Hall–Kier alpha value is -3.14. The largest absolute Gasteiger partial charge is 0.355 e. The van der Waals surface area contributed by atoms with Gasteiger partial charge < -0.3 is 9.80 Å². The molecule has 1 spiro atoms. The number of aromatic nitrogens is 1. The first-order valence-corrected chi connectivity index (χ1v) is 9.46. The van der Waals surface area contributed by atoms with Gasteiger partial charge in [0.2, 0.25) is 0 Å². The third kappa shape index (κ3) is 2.52. The van der Waals surface area contributed by atoms with Gasteiger partial charge in [-0.3, -0.25) is 4.90 Å². The Morgan fingerprint density at radius 1 is 1.25 bits per heavy atom. The van der Waals surface area contributed by atoms with Crippen molar-refractivity contribution in [2.24, 2.45) is 5.41 Å². The summed E-state index contributed by atoms with van der Waals surface area (Å²) in [5.74, 6) is 0.452. The second kappa shape index (κ2) is 5.93. The minimum absolute atomic E-state index is 0.0416. The highest BCUT2D eigenvalue weighted by Gasteiger charge is 2.54. The molecule has 2 fully saturated rings. The van der Waals surface area contributed by atoms with Crippen LogP contribution in [0.2, 0.25) is 0 Å². The van der Waals surface area contributed by atoms with Crippen LogP contribution in [0.1, 0.15) is 18.1 Å². The van der Waals surface area contributed by atoms with Gasteiger partial charge in [-0.15, -0.1) is 0 Å². The Balaban J connectivity index is 1.24. The van der Waals surface area contributed by atoms with Gasteiger partial charge in [-0.25, -0.2) is 14.2 Å². The van der Waals surface area contributed by atoms with Gasteiger partial charge in [-0.05, 0) is 49.2 Å². The van der Waals surface area contributed by atoms with E-state index in [4.69, 9.17) is 5.26 Å². The molecule has 0 saturated carbocycles.